The third-order valence-electron chi connectivity index (χ3n) is 2.55. The highest BCUT2D eigenvalue weighted by molar-refractivity contribution is 6.31. The van der Waals surface area contributed by atoms with Gasteiger partial charge in [-0.25, -0.2) is 0 Å². The number of fused-ring (bicyclic) bond motifs is 1. The van der Waals surface area contributed by atoms with Crippen molar-refractivity contribution in [3.63, 3.8) is 0 Å². The van der Waals surface area contributed by atoms with Crippen LogP contribution in [0.3, 0.4) is 0 Å². The van der Waals surface area contributed by atoms with Crippen LogP contribution in [-0.4, -0.2) is 23.2 Å². The van der Waals surface area contributed by atoms with E-state index in [0.717, 1.165) is 0 Å². The first kappa shape index (κ1) is 13.4. The zero-order valence-corrected chi connectivity index (χ0v) is 10.9. The van der Waals surface area contributed by atoms with Gasteiger partial charge >= 0.3 is 11.7 Å². The number of anilines is 1. The Balaban J connectivity index is 2.40. The Kier molecular flexibility index (Phi) is 3.48. The molecule has 0 aliphatic carbocycles. The summed E-state index contributed by atoms with van der Waals surface area (Å²) < 4.78 is 10.5. The molecule has 0 amide bonds. The Morgan fingerprint density at radius 2 is 2.26 bits per heavy atom. The molecule has 19 heavy (non-hydrogen) atoms. The maximum atomic E-state index is 11.0. The number of carbonyl (C=O) groups is 1. The van der Waals surface area contributed by atoms with Crippen LogP contribution in [-0.2, 0) is 9.53 Å². The number of nitro groups is 1. The van der Waals surface area contributed by atoms with Gasteiger partial charge in [-0.15, -0.1) is 0 Å². The molecule has 1 aromatic rings. The van der Waals surface area contributed by atoms with Gasteiger partial charge in [0.05, 0.1) is 10.6 Å². The average molecular weight is 287 g/mol. The van der Waals surface area contributed by atoms with Gasteiger partial charge in [-0.2, -0.15) is 0 Å². The molecule has 0 saturated heterocycles. The van der Waals surface area contributed by atoms with E-state index >= 15 is 0 Å². The highest BCUT2D eigenvalue weighted by atomic mass is 35.5. The Hall–Kier alpha value is -2.02. The second-order valence-electron chi connectivity index (χ2n) is 4.06. The molecule has 1 aromatic carbocycles. The van der Waals surface area contributed by atoms with Gasteiger partial charge in [0.1, 0.15) is 0 Å². The van der Waals surface area contributed by atoms with Gasteiger partial charge in [0.25, 0.3) is 0 Å². The summed E-state index contributed by atoms with van der Waals surface area (Å²) in [7, 11) is 0. The van der Waals surface area contributed by atoms with Gasteiger partial charge < -0.3 is 14.8 Å². The summed E-state index contributed by atoms with van der Waals surface area (Å²) in [6.45, 7) is 2.91. The Morgan fingerprint density at radius 3 is 2.84 bits per heavy atom. The van der Waals surface area contributed by atoms with Gasteiger partial charge in [-0.1, -0.05) is 11.6 Å². The largest absolute Gasteiger partial charge is 0.476 e. The maximum absolute atomic E-state index is 11.0. The van der Waals surface area contributed by atoms with E-state index in [0.29, 0.717) is 5.69 Å². The number of hydrogen-bond acceptors (Lipinski definition) is 6. The predicted octanol–water partition coefficient (Wildman–Crippen LogP) is 2.33. The molecule has 1 aliphatic rings. The number of nitro benzene ring substituents is 1. The Labute approximate surface area is 113 Å². The summed E-state index contributed by atoms with van der Waals surface area (Å²) >= 11 is 5.81. The van der Waals surface area contributed by atoms with E-state index in [1.807, 2.05) is 0 Å². The van der Waals surface area contributed by atoms with E-state index in [-0.39, 0.29) is 16.5 Å². The van der Waals surface area contributed by atoms with Crippen LogP contribution in [0, 0.1) is 10.1 Å². The van der Waals surface area contributed by atoms with E-state index in [1.54, 1.807) is 6.92 Å². The maximum Gasteiger partial charge on any atom is 0.314 e. The van der Waals surface area contributed by atoms with Crippen molar-refractivity contribution in [3.05, 3.63) is 27.3 Å². The molecule has 1 heterocycles. The molecule has 8 heteroatoms. The minimum Gasteiger partial charge on any atom is -0.476 e. The normalized spacial score (nSPS) is 20.8. The average Bonchev–Trinajstić information content (AvgIpc) is 2.29. The summed E-state index contributed by atoms with van der Waals surface area (Å²) in [5.74, 6) is -0.391. The molecule has 2 atom stereocenters. The van der Waals surface area contributed by atoms with Crippen LogP contribution >= 0.6 is 11.6 Å². The summed E-state index contributed by atoms with van der Waals surface area (Å²) in [4.78, 5) is 21.3. The van der Waals surface area contributed by atoms with E-state index in [9.17, 15) is 14.9 Å². The standard InChI is InChI=1S/C11H11ClN2O5/c1-5-11(19-6(2)15)13-8-3-7(12)4-9(14(16)17)10(8)18-5/h3-5,11,13H,1-2H3. The van der Waals surface area contributed by atoms with Gasteiger partial charge in [0, 0.05) is 18.0 Å². The molecule has 0 saturated carbocycles. The van der Waals surface area contributed by atoms with Crippen molar-refractivity contribution in [1.82, 2.24) is 0 Å². The smallest absolute Gasteiger partial charge is 0.314 e. The third kappa shape index (κ3) is 2.70. The fraction of sp³-hybridized carbons (Fsp3) is 0.364. The molecule has 0 spiro atoms. The van der Waals surface area contributed by atoms with E-state index in [2.05, 4.69) is 5.32 Å². The highest BCUT2D eigenvalue weighted by Crippen LogP contribution is 2.42. The lowest BCUT2D eigenvalue weighted by atomic mass is 10.2. The molecule has 0 fully saturated rings. The van der Waals surface area contributed by atoms with Gasteiger partial charge in [0.2, 0.25) is 12.0 Å². The van der Waals surface area contributed by atoms with Crippen molar-refractivity contribution >= 4 is 28.9 Å². The van der Waals surface area contributed by atoms with Gasteiger partial charge in [-0.05, 0) is 13.0 Å². The van der Waals surface area contributed by atoms with Crippen LogP contribution in [0.15, 0.2) is 12.1 Å². The van der Waals surface area contributed by atoms with E-state index in [4.69, 9.17) is 21.1 Å². The number of rotatable bonds is 2. The molecule has 7 nitrogen and oxygen atoms in total. The van der Waals surface area contributed by atoms with Crippen molar-refractivity contribution in [2.45, 2.75) is 26.2 Å². The minimum absolute atomic E-state index is 0.0882. The number of benzene rings is 1. The molecule has 1 aliphatic heterocycles. The number of ether oxygens (including phenoxy) is 2. The van der Waals surface area contributed by atoms with Crippen LogP contribution < -0.4 is 10.1 Å². The predicted molar refractivity (Wildman–Crippen MR) is 67.4 cm³/mol. The molecular formula is C11H11ClN2O5. The summed E-state index contributed by atoms with van der Waals surface area (Å²) in [6.07, 6.45) is -1.28. The summed E-state index contributed by atoms with van der Waals surface area (Å²) in [5.41, 5.74) is 0.0895. The third-order valence-corrected chi connectivity index (χ3v) is 2.77. The molecule has 102 valence electrons. The zero-order valence-electron chi connectivity index (χ0n) is 10.2. The zero-order chi connectivity index (χ0) is 14.2. The van der Waals surface area contributed by atoms with Crippen molar-refractivity contribution in [2.75, 3.05) is 5.32 Å². The molecule has 0 aromatic heterocycles. The lowest BCUT2D eigenvalue weighted by molar-refractivity contribution is -0.386. The van der Waals surface area contributed by atoms with Crippen LogP contribution in [0.4, 0.5) is 11.4 Å². The van der Waals surface area contributed by atoms with Crippen molar-refractivity contribution in [1.29, 1.82) is 0 Å². The number of halogens is 1. The van der Waals surface area contributed by atoms with Crippen LogP contribution in [0.5, 0.6) is 5.75 Å². The number of carbonyl (C=O) groups excluding carboxylic acids is 1. The van der Waals surface area contributed by atoms with Crippen molar-refractivity contribution < 1.29 is 19.2 Å². The topological polar surface area (TPSA) is 90.7 Å². The number of esters is 1. The van der Waals surface area contributed by atoms with Gasteiger partial charge in [0.15, 0.2) is 6.10 Å². The van der Waals surface area contributed by atoms with Gasteiger partial charge in [-0.3, -0.25) is 14.9 Å². The first-order valence-electron chi connectivity index (χ1n) is 5.47. The molecular weight excluding hydrogens is 276 g/mol. The van der Waals surface area contributed by atoms with Crippen molar-refractivity contribution in [3.8, 4) is 5.75 Å². The lowest BCUT2D eigenvalue weighted by Gasteiger charge is -2.31. The van der Waals surface area contributed by atoms with Crippen LogP contribution in [0.25, 0.3) is 0 Å². The first-order valence-corrected chi connectivity index (χ1v) is 5.84. The molecule has 0 radical (unpaired) electrons. The molecule has 2 unspecified atom stereocenters. The van der Waals surface area contributed by atoms with E-state index in [1.165, 1.54) is 19.1 Å². The highest BCUT2D eigenvalue weighted by Gasteiger charge is 2.33. The number of hydrogen-bond donors (Lipinski definition) is 1. The summed E-state index contributed by atoms with van der Waals surface area (Å²) in [5, 5.41) is 14.0. The molecule has 2 rings (SSSR count). The fourth-order valence-electron chi connectivity index (χ4n) is 1.77. The van der Waals surface area contributed by atoms with E-state index < -0.39 is 23.2 Å². The minimum atomic E-state index is -0.719. The monoisotopic (exact) mass is 286 g/mol. The second kappa shape index (κ2) is 4.93. The molecule has 1 N–H and O–H groups in total. The number of nitrogens with zero attached hydrogens (tertiary/aromatic N) is 1. The first-order chi connectivity index (χ1) is 8.88. The SMILES string of the molecule is CC(=O)OC1Nc2cc(Cl)cc([N+](=O)[O-])c2OC1C. The quantitative estimate of drug-likeness (QED) is 0.510. The van der Waals surface area contributed by atoms with Crippen molar-refractivity contribution in [2.24, 2.45) is 0 Å². The lowest BCUT2D eigenvalue weighted by Crippen LogP contribution is -2.42. The molecule has 0 bridgehead atoms. The Morgan fingerprint density at radius 1 is 1.58 bits per heavy atom. The summed E-state index contributed by atoms with van der Waals surface area (Å²) in [6, 6.07) is 2.69. The second-order valence-corrected chi connectivity index (χ2v) is 4.49. The number of nitrogens with one attached hydrogen (secondary N) is 1. The van der Waals surface area contributed by atoms with Crippen LogP contribution in [0.2, 0.25) is 5.02 Å². The Bertz CT molecular complexity index is 548. The van der Waals surface area contributed by atoms with Crippen LogP contribution in [0.1, 0.15) is 13.8 Å². The fourth-order valence-corrected chi connectivity index (χ4v) is 1.98.